The molecule has 1 N–H and O–H groups in total. The van der Waals surface area contributed by atoms with Crippen LogP contribution in [0.2, 0.25) is 5.02 Å². The molecule has 0 bridgehead atoms. The first-order chi connectivity index (χ1) is 12.0. The van der Waals surface area contributed by atoms with Gasteiger partial charge in [0.1, 0.15) is 12.0 Å². The number of rotatable bonds is 3. The maximum atomic E-state index is 12.3. The average Bonchev–Trinajstić information content (AvgIpc) is 2.62. The Kier molecular flexibility index (Phi) is 4.99. The molecule has 1 aromatic heterocycles. The highest BCUT2D eigenvalue weighted by atomic mass is 35.5. The first kappa shape index (κ1) is 17.0. The fraction of sp³-hybridized carbons (Fsp3) is 0.250. The van der Waals surface area contributed by atoms with E-state index < -0.39 is 4.92 Å². The van der Waals surface area contributed by atoms with E-state index in [4.69, 9.17) is 11.6 Å². The lowest BCUT2D eigenvalue weighted by atomic mass is 10.3. The van der Waals surface area contributed by atoms with Gasteiger partial charge in [0, 0.05) is 43.0 Å². The first-order valence-electron chi connectivity index (χ1n) is 7.70. The number of nitrogens with zero attached hydrogens (tertiary/aromatic N) is 4. The van der Waals surface area contributed by atoms with Crippen LogP contribution in [-0.4, -0.2) is 47.0 Å². The number of hydrogen-bond donors (Lipinski definition) is 1. The van der Waals surface area contributed by atoms with Crippen LogP contribution in [0.3, 0.4) is 0 Å². The predicted octanol–water partition coefficient (Wildman–Crippen LogP) is 3.00. The molecule has 9 heteroatoms. The van der Waals surface area contributed by atoms with Crippen molar-refractivity contribution in [2.24, 2.45) is 0 Å². The SMILES string of the molecule is O=C(Nc1cccc(Cl)c1)N1CCN(c2ccc([N+](=O)[O-])cn2)CC1. The molecule has 2 amide bonds. The summed E-state index contributed by atoms with van der Waals surface area (Å²) in [5, 5.41) is 14.1. The normalized spacial score (nSPS) is 14.3. The minimum absolute atomic E-state index is 0.0386. The maximum Gasteiger partial charge on any atom is 0.321 e. The van der Waals surface area contributed by atoms with Gasteiger partial charge in [-0.25, -0.2) is 9.78 Å². The number of benzene rings is 1. The lowest BCUT2D eigenvalue weighted by Gasteiger charge is -2.35. The zero-order valence-electron chi connectivity index (χ0n) is 13.3. The van der Waals surface area contributed by atoms with Crippen molar-refractivity contribution in [3.63, 3.8) is 0 Å². The molecule has 0 spiro atoms. The Morgan fingerprint density at radius 2 is 1.96 bits per heavy atom. The lowest BCUT2D eigenvalue weighted by Crippen LogP contribution is -2.50. The molecule has 1 fully saturated rings. The fourth-order valence-electron chi connectivity index (χ4n) is 2.58. The summed E-state index contributed by atoms with van der Waals surface area (Å²) in [5.74, 6) is 0.667. The number of urea groups is 1. The molecule has 3 rings (SSSR count). The van der Waals surface area contributed by atoms with Crippen LogP contribution in [-0.2, 0) is 0 Å². The van der Waals surface area contributed by atoms with Gasteiger partial charge in [-0.3, -0.25) is 10.1 Å². The summed E-state index contributed by atoms with van der Waals surface area (Å²) >= 11 is 5.91. The van der Waals surface area contributed by atoms with Crippen molar-refractivity contribution in [1.82, 2.24) is 9.88 Å². The Morgan fingerprint density at radius 1 is 1.20 bits per heavy atom. The molecule has 1 saturated heterocycles. The number of anilines is 2. The number of hydrogen-bond acceptors (Lipinski definition) is 5. The Labute approximate surface area is 149 Å². The highest BCUT2D eigenvalue weighted by molar-refractivity contribution is 6.30. The number of nitro groups is 1. The molecule has 1 aliphatic heterocycles. The van der Waals surface area contributed by atoms with Gasteiger partial charge in [0.2, 0.25) is 0 Å². The molecule has 8 nitrogen and oxygen atoms in total. The summed E-state index contributed by atoms with van der Waals surface area (Å²) in [5.41, 5.74) is 0.611. The lowest BCUT2D eigenvalue weighted by molar-refractivity contribution is -0.385. The van der Waals surface area contributed by atoms with Gasteiger partial charge >= 0.3 is 6.03 Å². The fourth-order valence-corrected chi connectivity index (χ4v) is 2.77. The van der Waals surface area contributed by atoms with E-state index >= 15 is 0 Å². The smallest absolute Gasteiger partial charge is 0.321 e. The van der Waals surface area contributed by atoms with Crippen molar-refractivity contribution >= 4 is 34.8 Å². The molecular weight excluding hydrogens is 346 g/mol. The van der Waals surface area contributed by atoms with Gasteiger partial charge in [0.25, 0.3) is 5.69 Å². The van der Waals surface area contributed by atoms with E-state index in [1.165, 1.54) is 12.3 Å². The summed E-state index contributed by atoms with van der Waals surface area (Å²) in [6.45, 7) is 2.28. The second kappa shape index (κ2) is 7.35. The van der Waals surface area contributed by atoms with Gasteiger partial charge in [-0.1, -0.05) is 17.7 Å². The molecule has 2 aromatic rings. The molecule has 0 atom stereocenters. The van der Waals surface area contributed by atoms with Gasteiger partial charge in [-0.05, 0) is 24.3 Å². The topological polar surface area (TPSA) is 91.6 Å². The summed E-state index contributed by atoms with van der Waals surface area (Å²) < 4.78 is 0. The molecule has 1 aliphatic rings. The third-order valence-electron chi connectivity index (χ3n) is 3.91. The van der Waals surface area contributed by atoms with Gasteiger partial charge in [-0.2, -0.15) is 0 Å². The number of pyridine rings is 1. The van der Waals surface area contributed by atoms with Gasteiger partial charge < -0.3 is 15.1 Å². The zero-order valence-corrected chi connectivity index (χ0v) is 14.0. The van der Waals surface area contributed by atoms with Crippen molar-refractivity contribution in [3.05, 3.63) is 57.7 Å². The van der Waals surface area contributed by atoms with Crippen molar-refractivity contribution in [2.75, 3.05) is 36.4 Å². The number of piperazine rings is 1. The zero-order chi connectivity index (χ0) is 17.8. The van der Waals surface area contributed by atoms with Crippen LogP contribution in [0.5, 0.6) is 0 Å². The Morgan fingerprint density at radius 3 is 2.56 bits per heavy atom. The van der Waals surface area contributed by atoms with Crippen LogP contribution in [0, 0.1) is 10.1 Å². The third-order valence-corrected chi connectivity index (χ3v) is 4.14. The van der Waals surface area contributed by atoms with Crippen LogP contribution in [0.4, 0.5) is 22.0 Å². The predicted molar refractivity (Wildman–Crippen MR) is 95.1 cm³/mol. The summed E-state index contributed by atoms with van der Waals surface area (Å²) in [7, 11) is 0. The van der Waals surface area contributed by atoms with E-state index in [1.54, 1.807) is 35.2 Å². The second-order valence-corrected chi connectivity index (χ2v) is 5.98. The first-order valence-corrected chi connectivity index (χ1v) is 8.07. The van der Waals surface area contributed by atoms with Crippen LogP contribution in [0.25, 0.3) is 0 Å². The number of aromatic nitrogens is 1. The van der Waals surface area contributed by atoms with E-state index in [2.05, 4.69) is 10.3 Å². The second-order valence-electron chi connectivity index (χ2n) is 5.55. The number of amides is 2. The largest absolute Gasteiger partial charge is 0.353 e. The van der Waals surface area contributed by atoms with E-state index in [9.17, 15) is 14.9 Å². The highest BCUT2D eigenvalue weighted by Gasteiger charge is 2.22. The number of carbonyl (C=O) groups is 1. The van der Waals surface area contributed by atoms with E-state index in [-0.39, 0.29) is 11.7 Å². The minimum atomic E-state index is -0.477. The number of nitrogens with one attached hydrogen (secondary N) is 1. The monoisotopic (exact) mass is 361 g/mol. The van der Waals surface area contributed by atoms with Gasteiger partial charge in [0.05, 0.1) is 4.92 Å². The van der Waals surface area contributed by atoms with Crippen molar-refractivity contribution in [3.8, 4) is 0 Å². The Bertz CT molecular complexity index is 776. The standard InChI is InChI=1S/C16H16ClN5O3/c17-12-2-1-3-13(10-12)19-16(23)21-8-6-20(7-9-21)15-5-4-14(11-18-15)22(24)25/h1-5,10-11H,6-9H2,(H,19,23). The van der Waals surface area contributed by atoms with Crippen molar-refractivity contribution < 1.29 is 9.72 Å². The van der Waals surface area contributed by atoms with Crippen LogP contribution in [0.15, 0.2) is 42.6 Å². The molecule has 0 unspecified atom stereocenters. The molecule has 0 aliphatic carbocycles. The molecule has 1 aromatic carbocycles. The summed E-state index contributed by atoms with van der Waals surface area (Å²) in [6.07, 6.45) is 1.24. The molecule has 2 heterocycles. The van der Waals surface area contributed by atoms with Gasteiger partial charge in [0.15, 0.2) is 0 Å². The Balaban J connectivity index is 1.56. The molecule has 0 radical (unpaired) electrons. The van der Waals surface area contributed by atoms with Crippen LogP contribution >= 0.6 is 11.6 Å². The minimum Gasteiger partial charge on any atom is -0.353 e. The van der Waals surface area contributed by atoms with E-state index in [0.717, 1.165) is 0 Å². The number of halogens is 1. The van der Waals surface area contributed by atoms with E-state index in [0.29, 0.717) is 42.7 Å². The molecule has 25 heavy (non-hydrogen) atoms. The summed E-state index contributed by atoms with van der Waals surface area (Å²) in [6, 6.07) is 9.86. The molecular formula is C16H16ClN5O3. The van der Waals surface area contributed by atoms with Crippen LogP contribution < -0.4 is 10.2 Å². The maximum absolute atomic E-state index is 12.3. The quantitative estimate of drug-likeness (QED) is 0.670. The van der Waals surface area contributed by atoms with Crippen molar-refractivity contribution in [2.45, 2.75) is 0 Å². The van der Waals surface area contributed by atoms with E-state index in [1.807, 2.05) is 4.90 Å². The Hall–Kier alpha value is -2.87. The number of carbonyl (C=O) groups excluding carboxylic acids is 1. The summed E-state index contributed by atoms with van der Waals surface area (Å²) in [4.78, 5) is 30.3. The average molecular weight is 362 g/mol. The highest BCUT2D eigenvalue weighted by Crippen LogP contribution is 2.19. The van der Waals surface area contributed by atoms with Crippen LogP contribution in [0.1, 0.15) is 0 Å². The van der Waals surface area contributed by atoms with Gasteiger partial charge in [-0.15, -0.1) is 0 Å². The van der Waals surface area contributed by atoms with Crippen molar-refractivity contribution in [1.29, 1.82) is 0 Å². The third kappa shape index (κ3) is 4.16. The molecule has 130 valence electrons. The molecule has 0 saturated carbocycles.